The first-order valence-electron chi connectivity index (χ1n) is 5.06. The minimum absolute atomic E-state index is 0.234. The Bertz CT molecular complexity index is 338. The molecule has 1 N–H and O–H groups in total. The molecule has 0 saturated carbocycles. The number of pyridine rings is 1. The number of carboxylic acids is 1. The molecule has 0 radical (unpaired) electrons. The van der Waals surface area contributed by atoms with Crippen molar-refractivity contribution in [3.63, 3.8) is 0 Å². The van der Waals surface area contributed by atoms with Crippen LogP contribution < -0.4 is 0 Å². The highest BCUT2D eigenvalue weighted by Crippen LogP contribution is 2.16. The molecular weight excluding hydrogens is 224 g/mol. The van der Waals surface area contributed by atoms with Gasteiger partial charge in [-0.1, -0.05) is 0 Å². The zero-order valence-electron chi connectivity index (χ0n) is 9.51. The van der Waals surface area contributed by atoms with Gasteiger partial charge in [0.05, 0.1) is 10.6 Å². The third kappa shape index (κ3) is 4.63. The molecule has 1 heterocycles. The highest BCUT2D eigenvalue weighted by atomic mass is 32.2. The number of hydrogen-bond acceptors (Lipinski definition) is 4. The summed E-state index contributed by atoms with van der Waals surface area (Å²) < 4.78 is 0. The van der Waals surface area contributed by atoms with Gasteiger partial charge < -0.3 is 10.0 Å². The van der Waals surface area contributed by atoms with Gasteiger partial charge in [0, 0.05) is 11.9 Å². The highest BCUT2D eigenvalue weighted by Gasteiger charge is 2.03. The van der Waals surface area contributed by atoms with E-state index in [1.165, 1.54) is 6.20 Å². The van der Waals surface area contributed by atoms with Crippen LogP contribution in [-0.4, -0.2) is 47.4 Å². The fourth-order valence-corrected chi connectivity index (χ4v) is 1.92. The number of nitrogens with zero attached hydrogens (tertiary/aromatic N) is 2. The lowest BCUT2D eigenvalue weighted by atomic mass is 10.3. The summed E-state index contributed by atoms with van der Waals surface area (Å²) in [6, 6.07) is 3.34. The molecule has 1 aromatic heterocycles. The van der Waals surface area contributed by atoms with E-state index in [1.54, 1.807) is 23.9 Å². The summed E-state index contributed by atoms with van der Waals surface area (Å²) in [7, 11) is 4.09. The first kappa shape index (κ1) is 13.0. The Morgan fingerprint density at radius 1 is 1.50 bits per heavy atom. The molecule has 4 nitrogen and oxygen atoms in total. The summed E-state index contributed by atoms with van der Waals surface area (Å²) in [5.74, 6) is 0.0640. The van der Waals surface area contributed by atoms with Gasteiger partial charge in [0.25, 0.3) is 0 Å². The second-order valence-electron chi connectivity index (χ2n) is 3.70. The van der Waals surface area contributed by atoms with E-state index in [0.29, 0.717) is 0 Å². The van der Waals surface area contributed by atoms with Crippen LogP contribution in [0.2, 0.25) is 0 Å². The van der Waals surface area contributed by atoms with Crippen LogP contribution in [0, 0.1) is 0 Å². The zero-order valence-corrected chi connectivity index (χ0v) is 10.3. The molecular formula is C11H16N2O2S. The van der Waals surface area contributed by atoms with E-state index < -0.39 is 5.97 Å². The number of carboxylic acid groups (broad SMARTS) is 1. The van der Waals surface area contributed by atoms with Crippen molar-refractivity contribution in [3.8, 4) is 0 Å². The molecule has 0 saturated heterocycles. The van der Waals surface area contributed by atoms with E-state index in [2.05, 4.69) is 9.88 Å². The minimum atomic E-state index is -0.934. The van der Waals surface area contributed by atoms with E-state index in [9.17, 15) is 4.79 Å². The van der Waals surface area contributed by atoms with E-state index >= 15 is 0 Å². The second-order valence-corrected chi connectivity index (χ2v) is 4.81. The summed E-state index contributed by atoms with van der Waals surface area (Å²) in [4.78, 5) is 16.8. The average molecular weight is 240 g/mol. The molecule has 0 amide bonds. The molecule has 0 aliphatic carbocycles. The third-order valence-corrected chi connectivity index (χ3v) is 3.01. The van der Waals surface area contributed by atoms with Crippen molar-refractivity contribution in [3.05, 3.63) is 23.9 Å². The van der Waals surface area contributed by atoms with Gasteiger partial charge in [-0.15, -0.1) is 11.8 Å². The molecule has 0 aliphatic heterocycles. The van der Waals surface area contributed by atoms with Gasteiger partial charge in [-0.05, 0) is 39.2 Å². The van der Waals surface area contributed by atoms with Gasteiger partial charge in [0.1, 0.15) is 0 Å². The molecule has 16 heavy (non-hydrogen) atoms. The lowest BCUT2D eigenvalue weighted by Gasteiger charge is -2.08. The maximum atomic E-state index is 10.6. The molecule has 0 aliphatic rings. The Labute approximate surface area is 99.7 Å². The number of thioether (sulfide) groups is 1. The molecule has 0 spiro atoms. The lowest BCUT2D eigenvalue weighted by Crippen LogP contribution is -2.13. The van der Waals surface area contributed by atoms with Crippen molar-refractivity contribution >= 4 is 17.7 Å². The molecule has 1 rings (SSSR count). The second kappa shape index (κ2) is 6.50. The van der Waals surface area contributed by atoms with Crippen molar-refractivity contribution < 1.29 is 9.90 Å². The largest absolute Gasteiger partial charge is 0.478 e. The van der Waals surface area contributed by atoms with Crippen LogP contribution in [0.1, 0.15) is 16.8 Å². The lowest BCUT2D eigenvalue weighted by molar-refractivity contribution is 0.0696. The fraction of sp³-hybridized carbons (Fsp3) is 0.455. The molecule has 0 fully saturated rings. The summed E-state index contributed by atoms with van der Waals surface area (Å²) in [5, 5.41) is 9.58. The summed E-state index contributed by atoms with van der Waals surface area (Å²) in [6.45, 7) is 1.06. The van der Waals surface area contributed by atoms with Gasteiger partial charge in [-0.25, -0.2) is 9.78 Å². The number of rotatable bonds is 6. The molecule has 0 bridgehead atoms. The van der Waals surface area contributed by atoms with E-state index in [1.807, 2.05) is 14.1 Å². The molecule has 1 aromatic rings. The van der Waals surface area contributed by atoms with Crippen molar-refractivity contribution in [1.82, 2.24) is 9.88 Å². The smallest absolute Gasteiger partial charge is 0.337 e. The van der Waals surface area contributed by atoms with Gasteiger partial charge in [-0.2, -0.15) is 0 Å². The predicted molar refractivity (Wildman–Crippen MR) is 65.1 cm³/mol. The van der Waals surface area contributed by atoms with Gasteiger partial charge in [0.15, 0.2) is 0 Å². The number of carbonyl (C=O) groups is 1. The van der Waals surface area contributed by atoms with Gasteiger partial charge in [-0.3, -0.25) is 0 Å². The van der Waals surface area contributed by atoms with Crippen molar-refractivity contribution in [1.29, 1.82) is 0 Å². The Balaban J connectivity index is 2.35. The van der Waals surface area contributed by atoms with Crippen LogP contribution >= 0.6 is 11.8 Å². The highest BCUT2D eigenvalue weighted by molar-refractivity contribution is 7.99. The number of aromatic carboxylic acids is 1. The summed E-state index contributed by atoms with van der Waals surface area (Å²) >= 11 is 1.65. The average Bonchev–Trinajstić information content (AvgIpc) is 2.25. The van der Waals surface area contributed by atoms with E-state index in [0.717, 1.165) is 23.7 Å². The van der Waals surface area contributed by atoms with Gasteiger partial charge in [0.2, 0.25) is 0 Å². The fourth-order valence-electron chi connectivity index (χ4n) is 1.15. The maximum absolute atomic E-state index is 10.6. The first-order chi connectivity index (χ1) is 7.59. The van der Waals surface area contributed by atoms with Crippen LogP contribution in [0.15, 0.2) is 23.4 Å². The van der Waals surface area contributed by atoms with Crippen LogP contribution in [0.5, 0.6) is 0 Å². The van der Waals surface area contributed by atoms with Crippen LogP contribution in [0.3, 0.4) is 0 Å². The monoisotopic (exact) mass is 240 g/mol. The minimum Gasteiger partial charge on any atom is -0.478 e. The summed E-state index contributed by atoms with van der Waals surface area (Å²) in [6.07, 6.45) is 2.50. The number of hydrogen-bond donors (Lipinski definition) is 1. The van der Waals surface area contributed by atoms with Crippen LogP contribution in [0.25, 0.3) is 0 Å². The molecule has 0 unspecified atom stereocenters. The quantitative estimate of drug-likeness (QED) is 0.607. The summed E-state index contributed by atoms with van der Waals surface area (Å²) in [5.41, 5.74) is 0.234. The molecule has 88 valence electrons. The predicted octanol–water partition coefficient (Wildman–Crippen LogP) is 1.82. The first-order valence-corrected chi connectivity index (χ1v) is 6.05. The Morgan fingerprint density at radius 3 is 2.75 bits per heavy atom. The van der Waals surface area contributed by atoms with Crippen molar-refractivity contribution in [2.45, 2.75) is 11.4 Å². The van der Waals surface area contributed by atoms with E-state index in [-0.39, 0.29) is 5.56 Å². The maximum Gasteiger partial charge on any atom is 0.337 e. The Morgan fingerprint density at radius 2 is 2.25 bits per heavy atom. The molecule has 5 heteroatoms. The zero-order chi connectivity index (χ0) is 12.0. The van der Waals surface area contributed by atoms with Gasteiger partial charge >= 0.3 is 5.97 Å². The Hall–Kier alpha value is -1.07. The third-order valence-electron chi connectivity index (χ3n) is 1.98. The topological polar surface area (TPSA) is 53.4 Å². The Kier molecular flexibility index (Phi) is 5.28. The van der Waals surface area contributed by atoms with Crippen molar-refractivity contribution in [2.24, 2.45) is 0 Å². The SMILES string of the molecule is CN(C)CCCSc1ccc(C(=O)O)cn1. The van der Waals surface area contributed by atoms with Crippen molar-refractivity contribution in [2.75, 3.05) is 26.4 Å². The van der Waals surface area contributed by atoms with Crippen LogP contribution in [-0.2, 0) is 0 Å². The normalized spacial score (nSPS) is 10.7. The molecule has 0 atom stereocenters. The van der Waals surface area contributed by atoms with Crippen LogP contribution in [0.4, 0.5) is 0 Å². The van der Waals surface area contributed by atoms with E-state index in [4.69, 9.17) is 5.11 Å². The number of aromatic nitrogens is 1. The molecule has 0 aromatic carbocycles. The standard InChI is InChI=1S/C11H16N2O2S/c1-13(2)6-3-7-16-10-5-4-9(8-12-10)11(14)15/h4-5,8H,3,6-7H2,1-2H3,(H,14,15).